The lowest BCUT2D eigenvalue weighted by atomic mass is 9.98. The quantitative estimate of drug-likeness (QED) is 0.544. The predicted octanol–water partition coefficient (Wildman–Crippen LogP) is 4.81. The third-order valence-corrected chi connectivity index (χ3v) is 8.79. The molecule has 1 atom stereocenters. The van der Waals surface area contributed by atoms with Crippen LogP contribution in [0.25, 0.3) is 0 Å². The number of benzene rings is 2. The van der Waals surface area contributed by atoms with E-state index in [0.717, 1.165) is 17.7 Å². The van der Waals surface area contributed by atoms with Crippen molar-refractivity contribution in [2.75, 3.05) is 29.9 Å². The summed E-state index contributed by atoms with van der Waals surface area (Å²) in [5, 5.41) is 2.59. The fourth-order valence-corrected chi connectivity index (χ4v) is 7.05. The second-order valence-electron chi connectivity index (χ2n) is 8.83. The Kier molecular flexibility index (Phi) is 7.50. The Balaban J connectivity index is 1.55. The number of anilines is 2. The molecule has 2 heterocycles. The second kappa shape index (κ2) is 10.1. The minimum atomic E-state index is -4.48. The molecule has 2 aromatic carbocycles. The fraction of sp³-hybridized carbons (Fsp3) is 0.417. The molecule has 2 amide bonds. The number of alkyl halides is 3. The zero-order chi connectivity index (χ0) is 26.3. The van der Waals surface area contributed by atoms with Crippen molar-refractivity contribution in [3.05, 3.63) is 52.0 Å². The number of piperidine rings is 1. The van der Waals surface area contributed by atoms with Crippen molar-refractivity contribution in [1.82, 2.24) is 4.31 Å². The largest absolute Gasteiger partial charge is 0.416 e. The number of carbonyl (C=O) groups excluding carboxylic acids is 2. The van der Waals surface area contributed by atoms with Crippen molar-refractivity contribution in [3.8, 4) is 0 Å². The van der Waals surface area contributed by atoms with E-state index in [0.29, 0.717) is 36.0 Å². The van der Waals surface area contributed by atoms with Crippen molar-refractivity contribution in [3.63, 3.8) is 0 Å². The molecule has 0 unspecified atom stereocenters. The number of nitrogens with zero attached hydrogens (tertiary/aromatic N) is 2. The highest BCUT2D eigenvalue weighted by Crippen LogP contribution is 2.40. The van der Waals surface area contributed by atoms with E-state index in [1.807, 2.05) is 6.07 Å². The van der Waals surface area contributed by atoms with Gasteiger partial charge in [-0.2, -0.15) is 17.5 Å². The zero-order valence-corrected chi connectivity index (χ0v) is 21.8. The van der Waals surface area contributed by atoms with Gasteiger partial charge in [-0.15, -0.1) is 0 Å². The van der Waals surface area contributed by atoms with Crippen LogP contribution >= 0.6 is 15.9 Å². The van der Waals surface area contributed by atoms with E-state index in [9.17, 15) is 31.2 Å². The van der Waals surface area contributed by atoms with Crippen molar-refractivity contribution < 1.29 is 31.2 Å². The van der Waals surface area contributed by atoms with Crippen LogP contribution in [0.4, 0.5) is 24.5 Å². The molecule has 0 spiro atoms. The summed E-state index contributed by atoms with van der Waals surface area (Å²) in [5.41, 5.74) is 0.527. The van der Waals surface area contributed by atoms with Gasteiger partial charge in [-0.25, -0.2) is 8.42 Å². The Hall–Kier alpha value is -2.44. The van der Waals surface area contributed by atoms with Gasteiger partial charge in [-0.3, -0.25) is 9.59 Å². The number of carbonyl (C=O) groups is 2. The Labute approximate surface area is 215 Å². The van der Waals surface area contributed by atoms with Crippen molar-refractivity contribution in [2.24, 2.45) is 5.92 Å². The third kappa shape index (κ3) is 5.30. The smallest absolute Gasteiger partial charge is 0.326 e. The lowest BCUT2D eigenvalue weighted by Gasteiger charge is -2.32. The van der Waals surface area contributed by atoms with Gasteiger partial charge in [0.2, 0.25) is 21.8 Å². The van der Waals surface area contributed by atoms with Gasteiger partial charge in [-0.1, -0.05) is 22.9 Å². The van der Waals surface area contributed by atoms with Crippen LogP contribution in [0, 0.1) is 5.92 Å². The minimum Gasteiger partial charge on any atom is -0.326 e. The number of sulfonamides is 1. The summed E-state index contributed by atoms with van der Waals surface area (Å²) >= 11 is 3.37. The van der Waals surface area contributed by atoms with E-state index >= 15 is 0 Å². The minimum absolute atomic E-state index is 0.0231. The molecule has 1 fully saturated rings. The van der Waals surface area contributed by atoms with Crippen molar-refractivity contribution in [1.29, 1.82) is 0 Å². The molecule has 36 heavy (non-hydrogen) atoms. The average molecular weight is 588 g/mol. The van der Waals surface area contributed by atoms with Crippen LogP contribution in [0.2, 0.25) is 0 Å². The van der Waals surface area contributed by atoms with Gasteiger partial charge in [0.25, 0.3) is 0 Å². The lowest BCUT2D eigenvalue weighted by molar-refractivity contribution is -0.137. The maximum atomic E-state index is 13.7. The van der Waals surface area contributed by atoms with Gasteiger partial charge >= 0.3 is 6.18 Å². The Bertz CT molecular complexity index is 1280. The number of amides is 2. The number of hydrogen-bond acceptors (Lipinski definition) is 4. The number of nitrogens with one attached hydrogen (secondary N) is 1. The Morgan fingerprint density at radius 2 is 1.83 bits per heavy atom. The maximum Gasteiger partial charge on any atom is 0.416 e. The summed E-state index contributed by atoms with van der Waals surface area (Å²) in [4.78, 5) is 26.9. The topological polar surface area (TPSA) is 86.8 Å². The first-order chi connectivity index (χ1) is 16.9. The SMILES string of the molecule is CCC(=O)N1CCc2cc(Br)cc(S(=O)(=O)N3CCC[C@@H](C(=O)Nc4ccc(C(F)(F)F)cc4)C3)c21. The molecule has 12 heteroatoms. The summed E-state index contributed by atoms with van der Waals surface area (Å²) in [6, 6.07) is 7.40. The van der Waals surface area contributed by atoms with Gasteiger partial charge < -0.3 is 10.2 Å². The van der Waals surface area contributed by atoms with E-state index < -0.39 is 33.6 Å². The zero-order valence-electron chi connectivity index (χ0n) is 19.4. The first kappa shape index (κ1) is 26.6. The summed E-state index contributed by atoms with van der Waals surface area (Å²) in [6.45, 7) is 2.27. The van der Waals surface area contributed by atoms with E-state index in [1.54, 1.807) is 6.92 Å². The molecule has 0 saturated carbocycles. The Morgan fingerprint density at radius 1 is 1.14 bits per heavy atom. The third-order valence-electron chi connectivity index (χ3n) is 6.45. The van der Waals surface area contributed by atoms with E-state index in [1.165, 1.54) is 27.4 Å². The average Bonchev–Trinajstić information content (AvgIpc) is 3.26. The number of halogens is 4. The molecule has 0 aromatic heterocycles. The predicted molar refractivity (Wildman–Crippen MR) is 132 cm³/mol. The lowest BCUT2D eigenvalue weighted by Crippen LogP contribution is -2.44. The van der Waals surface area contributed by atoms with Crippen LogP contribution in [0.15, 0.2) is 45.8 Å². The molecule has 4 rings (SSSR count). The highest BCUT2D eigenvalue weighted by atomic mass is 79.9. The molecule has 1 N–H and O–H groups in total. The van der Waals surface area contributed by atoms with E-state index in [2.05, 4.69) is 21.2 Å². The summed E-state index contributed by atoms with van der Waals surface area (Å²) in [7, 11) is -4.04. The van der Waals surface area contributed by atoms with Crippen molar-refractivity contribution >= 4 is 49.1 Å². The first-order valence-electron chi connectivity index (χ1n) is 11.5. The molecule has 2 aliphatic rings. The number of hydrogen-bond donors (Lipinski definition) is 1. The van der Waals surface area contributed by atoms with Crippen LogP contribution in [0.1, 0.15) is 37.3 Å². The number of fused-ring (bicyclic) bond motifs is 1. The highest BCUT2D eigenvalue weighted by Gasteiger charge is 2.38. The van der Waals surface area contributed by atoms with E-state index in [4.69, 9.17) is 0 Å². The Morgan fingerprint density at radius 3 is 2.47 bits per heavy atom. The maximum absolute atomic E-state index is 13.7. The van der Waals surface area contributed by atoms with Crippen molar-refractivity contribution in [2.45, 2.75) is 43.7 Å². The summed E-state index contributed by atoms with van der Waals surface area (Å²) in [5.74, 6) is -1.30. The molecule has 7 nitrogen and oxygen atoms in total. The van der Waals surface area contributed by atoms with Gasteiger partial charge in [0.15, 0.2) is 0 Å². The molecule has 0 aliphatic carbocycles. The van der Waals surface area contributed by atoms with Gasteiger partial charge in [0, 0.05) is 36.2 Å². The van der Waals surface area contributed by atoms with Gasteiger partial charge in [0.05, 0.1) is 17.2 Å². The van der Waals surface area contributed by atoms with E-state index in [-0.39, 0.29) is 36.0 Å². The normalized spacial score (nSPS) is 18.7. The summed E-state index contributed by atoms with van der Waals surface area (Å²) < 4.78 is 67.7. The van der Waals surface area contributed by atoms with Crippen LogP contribution in [-0.2, 0) is 32.2 Å². The fourth-order valence-electron chi connectivity index (χ4n) is 4.61. The molecule has 2 aliphatic heterocycles. The highest BCUT2D eigenvalue weighted by molar-refractivity contribution is 9.10. The molecular formula is C24H25BrF3N3O4S. The molecular weight excluding hydrogens is 563 g/mol. The van der Waals surface area contributed by atoms with Crippen LogP contribution in [0.5, 0.6) is 0 Å². The second-order valence-corrected chi connectivity index (χ2v) is 11.6. The molecule has 0 bridgehead atoms. The molecule has 1 saturated heterocycles. The monoisotopic (exact) mass is 587 g/mol. The molecule has 0 radical (unpaired) electrons. The van der Waals surface area contributed by atoms with Gasteiger partial charge in [-0.05, 0) is 61.2 Å². The molecule has 194 valence electrons. The summed E-state index contributed by atoms with van der Waals surface area (Å²) in [6.07, 6.45) is -2.82. The van der Waals surface area contributed by atoms with Gasteiger partial charge in [0.1, 0.15) is 4.90 Å². The molecule has 2 aromatic rings. The van der Waals surface area contributed by atoms with Crippen LogP contribution in [0.3, 0.4) is 0 Å². The van der Waals surface area contributed by atoms with Crippen LogP contribution in [-0.4, -0.2) is 44.2 Å². The first-order valence-corrected chi connectivity index (χ1v) is 13.8. The van der Waals surface area contributed by atoms with Crippen LogP contribution < -0.4 is 10.2 Å². The standard InChI is InChI=1S/C24H25BrF3N3O4S/c1-2-21(32)31-11-9-15-12-18(25)13-20(22(15)31)36(34,35)30-10-3-4-16(14-30)23(33)29-19-7-5-17(6-8-19)24(26,27)28/h5-8,12-13,16H,2-4,9-11,14H2,1H3,(H,29,33)/t16-/m1/s1. The number of rotatable bonds is 5.